The van der Waals surface area contributed by atoms with Crippen LogP contribution in [0.25, 0.3) is 0 Å². The molecule has 0 aliphatic carbocycles. The van der Waals surface area contributed by atoms with Crippen molar-refractivity contribution >= 4 is 17.6 Å². The molecule has 1 amide bonds. The minimum Gasteiger partial charge on any atom is -0.508 e. The van der Waals surface area contributed by atoms with Gasteiger partial charge in [-0.05, 0) is 17.7 Å². The summed E-state index contributed by atoms with van der Waals surface area (Å²) < 4.78 is 4.90. The number of amides is 1. The van der Waals surface area contributed by atoms with Crippen molar-refractivity contribution in [3.8, 4) is 5.75 Å². The van der Waals surface area contributed by atoms with E-state index in [1.165, 1.54) is 24.1 Å². The highest BCUT2D eigenvalue weighted by atomic mass is 16.5. The van der Waals surface area contributed by atoms with E-state index >= 15 is 0 Å². The van der Waals surface area contributed by atoms with Gasteiger partial charge in [0.2, 0.25) is 5.91 Å². The molecule has 0 saturated carbocycles. The maximum atomic E-state index is 12.7. The number of benzene rings is 2. The smallest absolute Gasteiger partial charge is 0.330 e. The van der Waals surface area contributed by atoms with Crippen LogP contribution in [0.5, 0.6) is 5.75 Å². The molecule has 1 unspecified atom stereocenters. The second-order valence-electron chi connectivity index (χ2n) is 5.98. The van der Waals surface area contributed by atoms with Gasteiger partial charge in [0, 0.05) is 24.8 Å². The van der Waals surface area contributed by atoms with Gasteiger partial charge >= 0.3 is 5.97 Å². The van der Waals surface area contributed by atoms with Crippen LogP contribution in [-0.2, 0) is 20.9 Å². The summed E-state index contributed by atoms with van der Waals surface area (Å²) in [6, 6.07) is 15.4. The maximum Gasteiger partial charge on any atom is 0.330 e. The van der Waals surface area contributed by atoms with E-state index in [4.69, 9.17) is 4.74 Å². The van der Waals surface area contributed by atoms with E-state index in [-0.39, 0.29) is 18.2 Å². The number of hydrogen-bond donors (Lipinski definition) is 1. The van der Waals surface area contributed by atoms with Gasteiger partial charge in [0.25, 0.3) is 0 Å². The lowest BCUT2D eigenvalue weighted by Gasteiger charge is -2.39. The Bertz CT molecular complexity index is 763. The quantitative estimate of drug-likeness (QED) is 0.859. The van der Waals surface area contributed by atoms with Gasteiger partial charge in [-0.1, -0.05) is 36.4 Å². The van der Waals surface area contributed by atoms with Crippen LogP contribution in [0.2, 0.25) is 0 Å². The number of hydrogen-bond acceptors (Lipinski definition) is 5. The molecule has 1 aliphatic rings. The number of anilines is 1. The minimum atomic E-state index is -0.753. The summed E-state index contributed by atoms with van der Waals surface area (Å²) in [6.07, 6.45) is 0. The molecule has 0 spiro atoms. The van der Waals surface area contributed by atoms with E-state index < -0.39 is 12.0 Å². The number of ether oxygens (including phenoxy) is 1. The summed E-state index contributed by atoms with van der Waals surface area (Å²) in [7, 11) is 1.31. The van der Waals surface area contributed by atoms with E-state index in [1.54, 1.807) is 12.1 Å². The minimum absolute atomic E-state index is 0.0423. The fourth-order valence-corrected chi connectivity index (χ4v) is 3.08. The molecule has 2 aromatic rings. The lowest BCUT2D eigenvalue weighted by atomic mass is 10.1. The second-order valence-corrected chi connectivity index (χ2v) is 5.98. The highest BCUT2D eigenvalue weighted by Gasteiger charge is 2.38. The number of carbonyl (C=O) groups excluding carboxylic acids is 2. The summed E-state index contributed by atoms with van der Waals surface area (Å²) in [4.78, 5) is 28.3. The third-order valence-electron chi connectivity index (χ3n) is 4.20. The zero-order valence-electron chi connectivity index (χ0n) is 14.0. The number of phenols is 1. The molecule has 1 N–H and O–H groups in total. The number of aromatic hydroxyl groups is 1. The summed E-state index contributed by atoms with van der Waals surface area (Å²) in [5, 5.41) is 9.69. The molecule has 6 heteroatoms. The monoisotopic (exact) mass is 340 g/mol. The fraction of sp³-hybridized carbons (Fsp3) is 0.263. The topological polar surface area (TPSA) is 70.1 Å². The van der Waals surface area contributed by atoms with Gasteiger partial charge in [-0.15, -0.1) is 0 Å². The highest BCUT2D eigenvalue weighted by Crippen LogP contribution is 2.26. The Labute approximate surface area is 146 Å². The maximum absolute atomic E-state index is 12.7. The molecule has 0 bridgehead atoms. The van der Waals surface area contributed by atoms with Crippen LogP contribution in [0, 0.1) is 0 Å². The molecule has 6 nitrogen and oxygen atoms in total. The van der Waals surface area contributed by atoms with Crippen LogP contribution in [0.3, 0.4) is 0 Å². The first-order valence-electron chi connectivity index (χ1n) is 8.03. The SMILES string of the molecule is COC(=O)C1CN(Cc2ccccc2)CC(=O)N1c1cccc(O)c1. The van der Waals surface area contributed by atoms with E-state index in [9.17, 15) is 14.7 Å². The first-order chi connectivity index (χ1) is 12.1. The molecule has 3 rings (SSSR count). The van der Waals surface area contributed by atoms with Crippen LogP contribution in [0.15, 0.2) is 54.6 Å². The first kappa shape index (κ1) is 17.0. The first-order valence-corrected chi connectivity index (χ1v) is 8.03. The Morgan fingerprint density at radius 1 is 1.20 bits per heavy atom. The Morgan fingerprint density at radius 2 is 1.96 bits per heavy atom. The van der Waals surface area contributed by atoms with Gasteiger partial charge in [-0.3, -0.25) is 14.6 Å². The predicted molar refractivity (Wildman–Crippen MR) is 93.1 cm³/mol. The summed E-state index contributed by atoms with van der Waals surface area (Å²) in [5.41, 5.74) is 1.56. The molecule has 1 heterocycles. The highest BCUT2D eigenvalue weighted by molar-refractivity contribution is 6.01. The lowest BCUT2D eigenvalue weighted by molar-refractivity contribution is -0.145. The molecule has 0 radical (unpaired) electrons. The molecule has 1 fully saturated rings. The number of methoxy groups -OCH3 is 1. The van der Waals surface area contributed by atoms with Crippen molar-refractivity contribution in [2.24, 2.45) is 0 Å². The van der Waals surface area contributed by atoms with Crippen LogP contribution >= 0.6 is 0 Å². The van der Waals surface area contributed by atoms with E-state index in [2.05, 4.69) is 0 Å². The van der Waals surface area contributed by atoms with Gasteiger partial charge in [0.1, 0.15) is 11.8 Å². The van der Waals surface area contributed by atoms with Gasteiger partial charge in [0.15, 0.2) is 0 Å². The Balaban J connectivity index is 1.85. The normalized spacial score (nSPS) is 18.2. The van der Waals surface area contributed by atoms with E-state index in [1.807, 2.05) is 35.2 Å². The van der Waals surface area contributed by atoms with Crippen molar-refractivity contribution in [1.29, 1.82) is 0 Å². The third kappa shape index (κ3) is 3.80. The summed E-state index contributed by atoms with van der Waals surface area (Å²) in [6.45, 7) is 1.13. The van der Waals surface area contributed by atoms with Crippen LogP contribution in [0.4, 0.5) is 5.69 Å². The standard InChI is InChI=1S/C19H20N2O4/c1-25-19(24)17-12-20(11-14-6-3-2-4-7-14)13-18(23)21(17)15-8-5-9-16(22)10-15/h2-10,17,22H,11-13H2,1H3. The zero-order chi connectivity index (χ0) is 17.8. The molecule has 1 aliphatic heterocycles. The van der Waals surface area contributed by atoms with E-state index in [0.29, 0.717) is 18.8 Å². The zero-order valence-corrected chi connectivity index (χ0v) is 14.0. The van der Waals surface area contributed by atoms with Gasteiger partial charge < -0.3 is 9.84 Å². The van der Waals surface area contributed by atoms with Crippen molar-refractivity contribution in [2.45, 2.75) is 12.6 Å². The van der Waals surface area contributed by atoms with Gasteiger partial charge in [0.05, 0.1) is 13.7 Å². The number of piperazine rings is 1. The molecule has 2 aromatic carbocycles. The molecule has 25 heavy (non-hydrogen) atoms. The average Bonchev–Trinajstić information content (AvgIpc) is 2.61. The average molecular weight is 340 g/mol. The third-order valence-corrected chi connectivity index (χ3v) is 4.20. The Morgan fingerprint density at radius 3 is 2.64 bits per heavy atom. The number of esters is 1. The number of carbonyl (C=O) groups is 2. The number of nitrogens with zero attached hydrogens (tertiary/aromatic N) is 2. The number of phenolic OH excluding ortho intramolecular Hbond substituents is 1. The van der Waals surface area contributed by atoms with Crippen LogP contribution in [0.1, 0.15) is 5.56 Å². The van der Waals surface area contributed by atoms with Crippen molar-refractivity contribution in [3.05, 3.63) is 60.2 Å². The summed E-state index contributed by atoms with van der Waals surface area (Å²) >= 11 is 0. The molecule has 1 atom stereocenters. The summed E-state index contributed by atoms with van der Waals surface area (Å²) in [5.74, 6) is -0.640. The predicted octanol–water partition coefficient (Wildman–Crippen LogP) is 1.78. The lowest BCUT2D eigenvalue weighted by Crippen LogP contribution is -2.59. The molecular formula is C19H20N2O4. The van der Waals surface area contributed by atoms with Crippen molar-refractivity contribution in [3.63, 3.8) is 0 Å². The number of rotatable bonds is 4. The Kier molecular flexibility index (Phi) is 5.00. The van der Waals surface area contributed by atoms with Crippen LogP contribution in [-0.4, -0.2) is 48.1 Å². The Hall–Kier alpha value is -2.86. The van der Waals surface area contributed by atoms with Crippen LogP contribution < -0.4 is 4.90 Å². The van der Waals surface area contributed by atoms with Crippen molar-refractivity contribution in [2.75, 3.05) is 25.1 Å². The largest absolute Gasteiger partial charge is 0.508 e. The molecule has 1 saturated heterocycles. The fourth-order valence-electron chi connectivity index (χ4n) is 3.08. The molecule has 0 aromatic heterocycles. The van der Waals surface area contributed by atoms with Gasteiger partial charge in [-0.25, -0.2) is 4.79 Å². The van der Waals surface area contributed by atoms with E-state index in [0.717, 1.165) is 5.56 Å². The molecule has 130 valence electrons. The second kappa shape index (κ2) is 7.36. The van der Waals surface area contributed by atoms with Crippen molar-refractivity contribution < 1.29 is 19.4 Å². The molecular weight excluding hydrogens is 320 g/mol. The van der Waals surface area contributed by atoms with Crippen molar-refractivity contribution in [1.82, 2.24) is 4.90 Å². The van der Waals surface area contributed by atoms with Gasteiger partial charge in [-0.2, -0.15) is 0 Å².